The quantitative estimate of drug-likeness (QED) is 0.470. The lowest BCUT2D eigenvalue weighted by Gasteiger charge is -1.90. The summed E-state index contributed by atoms with van der Waals surface area (Å²) in [6, 6.07) is 3.93. The van der Waals surface area contributed by atoms with Gasteiger partial charge in [-0.25, -0.2) is 0 Å². The van der Waals surface area contributed by atoms with Crippen LogP contribution in [0.2, 0.25) is 0 Å². The van der Waals surface area contributed by atoms with Crippen molar-refractivity contribution in [2.45, 2.75) is 12.2 Å². The average molecular weight is 147 g/mol. The average Bonchev–Trinajstić information content (AvgIpc) is 2.85. The van der Waals surface area contributed by atoms with Crippen molar-refractivity contribution in [1.82, 2.24) is 4.98 Å². The van der Waals surface area contributed by atoms with E-state index in [1.807, 2.05) is 24.4 Å². The number of nitrogens with zero attached hydrogens (tertiary/aromatic N) is 1. The zero-order valence-corrected chi connectivity index (χ0v) is 6.10. The molecule has 0 aliphatic carbocycles. The number of epoxide rings is 1. The number of hydrogen-bond donors (Lipinski definition) is 0. The van der Waals surface area contributed by atoms with Crippen molar-refractivity contribution in [2.24, 2.45) is 0 Å². The van der Waals surface area contributed by atoms with Gasteiger partial charge in [-0.2, -0.15) is 0 Å². The number of aromatic nitrogens is 1. The van der Waals surface area contributed by atoms with Gasteiger partial charge < -0.3 is 4.74 Å². The lowest BCUT2D eigenvalue weighted by molar-refractivity contribution is 0.394. The maximum atomic E-state index is 5.29. The van der Waals surface area contributed by atoms with Gasteiger partial charge in [0.1, 0.15) is 12.2 Å². The van der Waals surface area contributed by atoms with E-state index in [4.69, 9.17) is 4.74 Å². The topological polar surface area (TPSA) is 25.4 Å². The fraction of sp³-hybridized carbons (Fsp3) is 0.222. The van der Waals surface area contributed by atoms with E-state index in [1.54, 1.807) is 6.20 Å². The largest absolute Gasteiger partial charge is 0.360 e. The first kappa shape index (κ1) is 6.55. The molecular formula is C9H9NO. The normalized spacial score (nSPS) is 28.0. The first-order chi connectivity index (χ1) is 5.42. The van der Waals surface area contributed by atoms with E-state index in [-0.39, 0.29) is 12.2 Å². The first-order valence-electron chi connectivity index (χ1n) is 3.60. The molecule has 0 saturated carbocycles. The summed E-state index contributed by atoms with van der Waals surface area (Å²) in [6.07, 6.45) is 5.82. The fourth-order valence-electron chi connectivity index (χ4n) is 1.12. The smallest absolute Gasteiger partial charge is 0.115 e. The number of pyridine rings is 1. The number of ether oxygens (including phenoxy) is 1. The molecule has 1 aliphatic heterocycles. The van der Waals surface area contributed by atoms with Crippen LogP contribution in [0.15, 0.2) is 37.2 Å². The van der Waals surface area contributed by atoms with Gasteiger partial charge in [0.05, 0.1) is 0 Å². The van der Waals surface area contributed by atoms with Crippen molar-refractivity contribution >= 4 is 0 Å². The second-order valence-electron chi connectivity index (χ2n) is 2.54. The number of rotatable bonds is 2. The van der Waals surface area contributed by atoms with Gasteiger partial charge >= 0.3 is 0 Å². The van der Waals surface area contributed by atoms with Gasteiger partial charge in [0, 0.05) is 18.0 Å². The molecule has 0 unspecified atom stereocenters. The second kappa shape index (κ2) is 2.47. The summed E-state index contributed by atoms with van der Waals surface area (Å²) in [7, 11) is 0. The summed E-state index contributed by atoms with van der Waals surface area (Å²) in [4.78, 5) is 4.00. The molecule has 0 bridgehead atoms. The van der Waals surface area contributed by atoms with E-state index < -0.39 is 0 Å². The highest BCUT2D eigenvalue weighted by atomic mass is 16.6. The van der Waals surface area contributed by atoms with Crippen LogP contribution in [0.25, 0.3) is 0 Å². The predicted molar refractivity (Wildman–Crippen MR) is 42.0 cm³/mol. The van der Waals surface area contributed by atoms with Crippen molar-refractivity contribution in [3.63, 3.8) is 0 Å². The Labute approximate surface area is 65.5 Å². The van der Waals surface area contributed by atoms with Gasteiger partial charge in [-0.05, 0) is 6.07 Å². The highest BCUT2D eigenvalue weighted by Gasteiger charge is 2.37. The van der Waals surface area contributed by atoms with E-state index in [9.17, 15) is 0 Å². The molecule has 0 radical (unpaired) electrons. The lowest BCUT2D eigenvalue weighted by atomic mass is 10.2. The molecule has 2 heterocycles. The van der Waals surface area contributed by atoms with Crippen LogP contribution in [0.4, 0.5) is 0 Å². The Balaban J connectivity index is 2.14. The van der Waals surface area contributed by atoms with Crippen LogP contribution in [0.5, 0.6) is 0 Å². The van der Waals surface area contributed by atoms with Crippen LogP contribution in [0.3, 0.4) is 0 Å². The van der Waals surface area contributed by atoms with Crippen molar-refractivity contribution in [1.29, 1.82) is 0 Å². The summed E-state index contributed by atoms with van der Waals surface area (Å²) in [5, 5.41) is 0. The predicted octanol–water partition coefficient (Wildman–Crippen LogP) is 1.71. The number of hydrogen-bond acceptors (Lipinski definition) is 2. The highest BCUT2D eigenvalue weighted by molar-refractivity contribution is 5.20. The third-order valence-electron chi connectivity index (χ3n) is 1.77. The molecule has 1 saturated heterocycles. The molecular weight excluding hydrogens is 138 g/mol. The Morgan fingerprint density at radius 1 is 1.64 bits per heavy atom. The standard InChI is InChI=1S/C9H9NO/c1-2-8-9(11-8)7-4-3-5-10-6-7/h2-6,8-9H,1H2/t8-,9+/m0/s1. The van der Waals surface area contributed by atoms with E-state index in [0.29, 0.717) is 0 Å². The van der Waals surface area contributed by atoms with Gasteiger partial charge in [-0.1, -0.05) is 12.1 Å². The Morgan fingerprint density at radius 2 is 2.55 bits per heavy atom. The molecule has 1 aromatic heterocycles. The summed E-state index contributed by atoms with van der Waals surface area (Å²) in [5.74, 6) is 0. The van der Waals surface area contributed by atoms with Crippen molar-refractivity contribution < 1.29 is 4.74 Å². The van der Waals surface area contributed by atoms with Crippen LogP contribution in [0, 0.1) is 0 Å². The SMILES string of the molecule is C=C[C@@H]1O[C@@H]1c1cccnc1. The maximum absolute atomic E-state index is 5.29. The van der Waals surface area contributed by atoms with Crippen LogP contribution >= 0.6 is 0 Å². The summed E-state index contributed by atoms with van der Waals surface area (Å²) < 4.78 is 5.29. The Kier molecular flexibility index (Phi) is 1.47. The molecule has 2 atom stereocenters. The van der Waals surface area contributed by atoms with E-state index >= 15 is 0 Å². The van der Waals surface area contributed by atoms with Gasteiger partial charge in [0.2, 0.25) is 0 Å². The zero-order valence-electron chi connectivity index (χ0n) is 6.10. The summed E-state index contributed by atoms with van der Waals surface area (Å²) in [5.41, 5.74) is 1.14. The van der Waals surface area contributed by atoms with Gasteiger partial charge in [0.25, 0.3) is 0 Å². The monoisotopic (exact) mass is 147 g/mol. The minimum atomic E-state index is 0.208. The Hall–Kier alpha value is -1.15. The Morgan fingerprint density at radius 3 is 3.09 bits per heavy atom. The molecule has 2 heteroatoms. The third kappa shape index (κ3) is 1.17. The fourth-order valence-corrected chi connectivity index (χ4v) is 1.12. The molecule has 0 N–H and O–H groups in total. The molecule has 1 aromatic rings. The van der Waals surface area contributed by atoms with E-state index in [0.717, 1.165) is 5.56 Å². The third-order valence-corrected chi connectivity index (χ3v) is 1.77. The molecule has 11 heavy (non-hydrogen) atoms. The van der Waals surface area contributed by atoms with Crippen LogP contribution in [0.1, 0.15) is 11.7 Å². The van der Waals surface area contributed by atoms with Gasteiger partial charge in [0.15, 0.2) is 0 Å². The van der Waals surface area contributed by atoms with Crippen LogP contribution < -0.4 is 0 Å². The van der Waals surface area contributed by atoms with E-state index in [1.165, 1.54) is 0 Å². The van der Waals surface area contributed by atoms with Crippen LogP contribution in [-0.2, 0) is 4.74 Å². The molecule has 1 fully saturated rings. The van der Waals surface area contributed by atoms with Gasteiger partial charge in [-0.3, -0.25) is 4.98 Å². The minimum absolute atomic E-state index is 0.208. The van der Waals surface area contributed by atoms with E-state index in [2.05, 4.69) is 11.6 Å². The minimum Gasteiger partial charge on any atom is -0.360 e. The summed E-state index contributed by atoms with van der Waals surface area (Å²) in [6.45, 7) is 3.65. The zero-order chi connectivity index (χ0) is 7.68. The van der Waals surface area contributed by atoms with Crippen LogP contribution in [-0.4, -0.2) is 11.1 Å². The van der Waals surface area contributed by atoms with Crippen molar-refractivity contribution in [3.05, 3.63) is 42.7 Å². The van der Waals surface area contributed by atoms with Crippen molar-refractivity contribution in [2.75, 3.05) is 0 Å². The maximum Gasteiger partial charge on any atom is 0.115 e. The first-order valence-corrected chi connectivity index (χ1v) is 3.60. The Bertz CT molecular complexity index is 258. The molecule has 0 amide bonds. The molecule has 1 aliphatic rings. The molecule has 2 rings (SSSR count). The second-order valence-corrected chi connectivity index (χ2v) is 2.54. The van der Waals surface area contributed by atoms with Gasteiger partial charge in [-0.15, -0.1) is 6.58 Å². The molecule has 0 aromatic carbocycles. The lowest BCUT2D eigenvalue weighted by Crippen LogP contribution is -1.84. The molecule has 2 nitrogen and oxygen atoms in total. The molecule has 0 spiro atoms. The molecule has 56 valence electrons. The summed E-state index contributed by atoms with van der Waals surface area (Å²) >= 11 is 0. The van der Waals surface area contributed by atoms with Crippen molar-refractivity contribution in [3.8, 4) is 0 Å². The highest BCUT2D eigenvalue weighted by Crippen LogP contribution is 2.38.